The fourth-order valence-corrected chi connectivity index (χ4v) is 2.63. The summed E-state index contributed by atoms with van der Waals surface area (Å²) in [7, 11) is 0. The molecule has 0 spiro atoms. The van der Waals surface area contributed by atoms with Gasteiger partial charge in [0.05, 0.1) is 36.6 Å². The first-order valence-corrected chi connectivity index (χ1v) is 8.79. The number of aromatic nitrogens is 1. The lowest BCUT2D eigenvalue weighted by Crippen LogP contribution is -2.45. The number of amides is 1. The van der Waals surface area contributed by atoms with Crippen molar-refractivity contribution in [3.05, 3.63) is 54.0 Å². The molecule has 1 aromatic heterocycles. The Kier molecular flexibility index (Phi) is 5.72. The molecule has 0 radical (unpaired) electrons. The van der Waals surface area contributed by atoms with Crippen LogP contribution in [0.5, 0.6) is 5.88 Å². The lowest BCUT2D eigenvalue weighted by atomic mass is 9.90. The summed E-state index contributed by atoms with van der Waals surface area (Å²) in [6.07, 6.45) is 0.739. The first-order valence-electron chi connectivity index (χ1n) is 8.79. The van der Waals surface area contributed by atoms with Gasteiger partial charge < -0.3 is 19.5 Å². The largest absolute Gasteiger partial charge is 0.475 e. The number of hydrogen-bond acceptors (Lipinski definition) is 5. The number of nitrogens with one attached hydrogen (secondary N) is 1. The van der Waals surface area contributed by atoms with Crippen LogP contribution in [-0.2, 0) is 14.3 Å². The molecular weight excluding hydrogens is 351 g/mol. The zero-order chi connectivity index (χ0) is 19.4. The monoisotopic (exact) mass is 374 g/mol. The summed E-state index contributed by atoms with van der Waals surface area (Å²) < 4.78 is 30.6. The minimum atomic E-state index is -0.894. The van der Waals surface area contributed by atoms with E-state index in [2.05, 4.69) is 10.3 Å². The minimum Gasteiger partial charge on any atom is -0.475 e. The number of pyridine rings is 1. The Morgan fingerprint density at radius 2 is 1.96 bits per heavy atom. The minimum absolute atomic E-state index is 0.0239. The molecule has 1 aliphatic rings. The fraction of sp³-hybridized carbons (Fsp3) is 0.400. The van der Waals surface area contributed by atoms with E-state index in [4.69, 9.17) is 14.2 Å². The van der Waals surface area contributed by atoms with Gasteiger partial charge in [-0.05, 0) is 32.9 Å². The number of rotatable bonds is 5. The molecule has 0 atom stereocenters. The number of halogens is 1. The van der Waals surface area contributed by atoms with Crippen LogP contribution >= 0.6 is 0 Å². The Hall–Kier alpha value is -2.51. The van der Waals surface area contributed by atoms with Crippen LogP contribution in [0.3, 0.4) is 0 Å². The Labute approximate surface area is 157 Å². The van der Waals surface area contributed by atoms with E-state index in [0.717, 1.165) is 0 Å². The highest BCUT2D eigenvalue weighted by Crippen LogP contribution is 2.33. The number of benzene rings is 1. The molecule has 27 heavy (non-hydrogen) atoms. The van der Waals surface area contributed by atoms with E-state index in [1.165, 1.54) is 12.3 Å². The third-order valence-electron chi connectivity index (χ3n) is 4.16. The maximum atomic E-state index is 13.9. The second-order valence-electron chi connectivity index (χ2n) is 7.04. The highest BCUT2D eigenvalue weighted by Gasteiger charge is 2.40. The van der Waals surface area contributed by atoms with Crippen LogP contribution in [0.25, 0.3) is 0 Å². The molecule has 1 saturated heterocycles. The van der Waals surface area contributed by atoms with Crippen LogP contribution in [0.2, 0.25) is 0 Å². The normalized spacial score (nSPS) is 22.5. The van der Waals surface area contributed by atoms with E-state index in [-0.39, 0.29) is 25.2 Å². The molecule has 2 aromatic rings. The number of hydrogen-bond donors (Lipinski definition) is 1. The number of carbonyl (C=O) groups is 1. The summed E-state index contributed by atoms with van der Waals surface area (Å²) in [6, 6.07) is 9.69. The molecule has 1 aromatic carbocycles. The number of anilines is 1. The second kappa shape index (κ2) is 8.02. The van der Waals surface area contributed by atoms with Crippen LogP contribution in [-0.4, -0.2) is 30.2 Å². The number of nitrogens with zero attached hydrogens (tertiary/aromatic N) is 1. The summed E-state index contributed by atoms with van der Waals surface area (Å²) in [6.45, 7) is 5.79. The van der Waals surface area contributed by atoms with Gasteiger partial charge in [-0.25, -0.2) is 9.37 Å². The average molecular weight is 374 g/mol. The molecule has 1 N–H and O–H groups in total. The van der Waals surface area contributed by atoms with Gasteiger partial charge in [-0.15, -0.1) is 0 Å². The molecule has 7 heteroatoms. The summed E-state index contributed by atoms with van der Waals surface area (Å²) in [5, 5.41) is 2.81. The van der Waals surface area contributed by atoms with Gasteiger partial charge in [0.15, 0.2) is 6.29 Å². The van der Waals surface area contributed by atoms with Gasteiger partial charge >= 0.3 is 0 Å². The third-order valence-corrected chi connectivity index (χ3v) is 4.16. The zero-order valence-electron chi connectivity index (χ0n) is 15.6. The van der Waals surface area contributed by atoms with Crippen molar-refractivity contribution in [2.24, 2.45) is 5.41 Å². The highest BCUT2D eigenvalue weighted by molar-refractivity contribution is 5.95. The molecule has 1 aliphatic heterocycles. The van der Waals surface area contributed by atoms with Crippen molar-refractivity contribution in [3.63, 3.8) is 0 Å². The van der Waals surface area contributed by atoms with E-state index >= 15 is 0 Å². The molecule has 6 nitrogen and oxygen atoms in total. The van der Waals surface area contributed by atoms with Gasteiger partial charge in [-0.2, -0.15) is 0 Å². The van der Waals surface area contributed by atoms with Crippen LogP contribution in [0.15, 0.2) is 42.6 Å². The van der Waals surface area contributed by atoms with Crippen molar-refractivity contribution in [2.75, 3.05) is 18.5 Å². The van der Waals surface area contributed by atoms with Crippen molar-refractivity contribution in [1.29, 1.82) is 0 Å². The molecule has 2 heterocycles. The maximum Gasteiger partial charge on any atom is 0.235 e. The topological polar surface area (TPSA) is 69.7 Å². The van der Waals surface area contributed by atoms with Gasteiger partial charge in [0, 0.05) is 11.6 Å². The standard InChI is InChI=1S/C20H23FN2O4/c1-13(2)27-17-9-8-14(10-22-17)23-19(24)20(3)11-25-18(26-12-20)15-6-4-5-7-16(15)21/h4-10,13,18H,11-12H2,1-3H3,(H,23,24). The van der Waals surface area contributed by atoms with Crippen molar-refractivity contribution in [2.45, 2.75) is 33.2 Å². The smallest absolute Gasteiger partial charge is 0.235 e. The Balaban J connectivity index is 1.60. The Morgan fingerprint density at radius 3 is 2.56 bits per heavy atom. The van der Waals surface area contributed by atoms with Crippen molar-refractivity contribution in [3.8, 4) is 5.88 Å². The summed E-state index contributed by atoms with van der Waals surface area (Å²) >= 11 is 0. The van der Waals surface area contributed by atoms with E-state index < -0.39 is 17.5 Å². The molecule has 1 amide bonds. The first-order chi connectivity index (χ1) is 12.9. The highest BCUT2D eigenvalue weighted by atomic mass is 19.1. The van der Waals surface area contributed by atoms with Crippen molar-refractivity contribution >= 4 is 11.6 Å². The quantitative estimate of drug-likeness (QED) is 0.864. The molecule has 144 valence electrons. The first kappa shape index (κ1) is 19.3. The Morgan fingerprint density at radius 1 is 1.26 bits per heavy atom. The van der Waals surface area contributed by atoms with Gasteiger partial charge in [0.1, 0.15) is 5.82 Å². The predicted molar refractivity (Wildman–Crippen MR) is 97.8 cm³/mol. The molecule has 3 rings (SSSR count). The molecule has 0 unspecified atom stereocenters. The predicted octanol–water partition coefficient (Wildman–Crippen LogP) is 3.70. The SMILES string of the molecule is CC(C)Oc1ccc(NC(=O)C2(C)COC(c3ccccc3F)OC2)cn1. The van der Waals surface area contributed by atoms with Crippen molar-refractivity contribution in [1.82, 2.24) is 4.98 Å². The lowest BCUT2D eigenvalue weighted by Gasteiger charge is -2.36. The van der Waals surface area contributed by atoms with Crippen LogP contribution < -0.4 is 10.1 Å². The molecule has 0 bridgehead atoms. The Bertz CT molecular complexity index is 787. The fourth-order valence-electron chi connectivity index (χ4n) is 2.63. The van der Waals surface area contributed by atoms with Gasteiger partial charge in [-0.3, -0.25) is 4.79 Å². The van der Waals surface area contributed by atoms with Crippen LogP contribution in [0.4, 0.5) is 10.1 Å². The van der Waals surface area contributed by atoms with Gasteiger partial charge in [-0.1, -0.05) is 18.2 Å². The summed E-state index contributed by atoms with van der Waals surface area (Å²) in [5.41, 5.74) is -0.0204. The molecule has 1 fully saturated rings. The maximum absolute atomic E-state index is 13.9. The average Bonchev–Trinajstić information content (AvgIpc) is 2.64. The van der Waals surface area contributed by atoms with Gasteiger partial charge in [0.25, 0.3) is 0 Å². The van der Waals surface area contributed by atoms with Crippen LogP contribution in [0.1, 0.15) is 32.6 Å². The van der Waals surface area contributed by atoms with E-state index in [1.54, 1.807) is 37.3 Å². The third kappa shape index (κ3) is 4.61. The summed E-state index contributed by atoms with van der Waals surface area (Å²) in [5.74, 6) is -0.162. The number of carbonyl (C=O) groups excluding carboxylic acids is 1. The number of ether oxygens (including phenoxy) is 3. The van der Waals surface area contributed by atoms with Crippen LogP contribution in [0, 0.1) is 11.2 Å². The molecule has 0 saturated carbocycles. The van der Waals surface area contributed by atoms with Crippen molar-refractivity contribution < 1.29 is 23.4 Å². The molecule has 0 aliphatic carbocycles. The summed E-state index contributed by atoms with van der Waals surface area (Å²) in [4.78, 5) is 16.8. The zero-order valence-corrected chi connectivity index (χ0v) is 15.6. The van der Waals surface area contributed by atoms with E-state index in [9.17, 15) is 9.18 Å². The molecular formula is C20H23FN2O4. The van der Waals surface area contributed by atoms with E-state index in [1.807, 2.05) is 13.8 Å². The lowest BCUT2D eigenvalue weighted by molar-refractivity contribution is -0.227. The van der Waals surface area contributed by atoms with Gasteiger partial charge in [0.2, 0.25) is 11.8 Å². The van der Waals surface area contributed by atoms with E-state index in [0.29, 0.717) is 17.1 Å². The second-order valence-corrected chi connectivity index (χ2v) is 7.04.